The van der Waals surface area contributed by atoms with Crippen molar-refractivity contribution >= 4 is 33.2 Å². The van der Waals surface area contributed by atoms with E-state index in [1.807, 2.05) is 23.6 Å². The van der Waals surface area contributed by atoms with E-state index in [4.69, 9.17) is 14.7 Å². The lowest BCUT2D eigenvalue weighted by molar-refractivity contribution is 0.435. The maximum atomic E-state index is 5.80. The monoisotopic (exact) mass is 310 g/mol. The molecule has 0 aliphatic heterocycles. The Morgan fingerprint density at radius 2 is 2.18 bits per heavy atom. The van der Waals surface area contributed by atoms with Gasteiger partial charge in [0, 0.05) is 4.88 Å². The molecule has 0 atom stereocenters. The van der Waals surface area contributed by atoms with Gasteiger partial charge in [0.15, 0.2) is 16.1 Å². The molecular formula is C11H7BrN2O2S. The van der Waals surface area contributed by atoms with E-state index in [9.17, 15) is 0 Å². The third-order valence-corrected chi connectivity index (χ3v) is 3.61. The Labute approximate surface area is 109 Å². The number of hydrogen-bond acceptors (Lipinski definition) is 5. The highest BCUT2D eigenvalue weighted by Gasteiger charge is 2.20. The van der Waals surface area contributed by atoms with Crippen LogP contribution in [0.5, 0.6) is 0 Å². The molecule has 0 spiro atoms. The largest absolute Gasteiger partial charge is 0.448 e. The molecule has 3 rings (SSSR count). The highest BCUT2D eigenvalue weighted by atomic mass is 79.9. The summed E-state index contributed by atoms with van der Waals surface area (Å²) in [5, 5.41) is 5.92. The van der Waals surface area contributed by atoms with Gasteiger partial charge in [0.1, 0.15) is 0 Å². The fourth-order valence-electron chi connectivity index (χ4n) is 1.57. The van der Waals surface area contributed by atoms with Crippen LogP contribution in [0.15, 0.2) is 43.3 Å². The van der Waals surface area contributed by atoms with Crippen LogP contribution < -0.4 is 5.73 Å². The lowest BCUT2D eigenvalue weighted by Crippen LogP contribution is -1.84. The molecule has 0 radical (unpaired) electrons. The number of hydrogen-bond donors (Lipinski definition) is 1. The molecule has 4 nitrogen and oxygen atoms in total. The highest BCUT2D eigenvalue weighted by Crippen LogP contribution is 2.39. The Morgan fingerprint density at radius 3 is 2.82 bits per heavy atom. The number of nitrogen functional groups attached to an aromatic ring is 1. The summed E-state index contributed by atoms with van der Waals surface area (Å²) in [6, 6.07) is 7.54. The Hall–Kier alpha value is -1.53. The van der Waals surface area contributed by atoms with Gasteiger partial charge in [-0.25, -0.2) is 0 Å². The summed E-state index contributed by atoms with van der Waals surface area (Å²) in [7, 11) is 0. The van der Waals surface area contributed by atoms with Gasteiger partial charge in [-0.3, -0.25) is 0 Å². The first-order valence-electron chi connectivity index (χ1n) is 4.80. The number of halogens is 1. The van der Waals surface area contributed by atoms with Crippen molar-refractivity contribution in [3.05, 3.63) is 34.3 Å². The number of rotatable bonds is 2. The lowest BCUT2D eigenvalue weighted by Gasteiger charge is -1.95. The van der Waals surface area contributed by atoms with Crippen molar-refractivity contribution in [2.75, 3.05) is 5.73 Å². The normalized spacial score (nSPS) is 10.9. The average Bonchev–Trinajstić information content (AvgIpc) is 2.97. The van der Waals surface area contributed by atoms with Crippen molar-refractivity contribution in [2.45, 2.75) is 0 Å². The minimum absolute atomic E-state index is 0.301. The van der Waals surface area contributed by atoms with Gasteiger partial charge in [0.2, 0.25) is 5.88 Å². The molecule has 86 valence electrons. The third-order valence-electron chi connectivity index (χ3n) is 2.29. The predicted molar refractivity (Wildman–Crippen MR) is 69.6 cm³/mol. The zero-order valence-electron chi connectivity index (χ0n) is 8.51. The number of thiophene rings is 1. The molecule has 3 heterocycles. The van der Waals surface area contributed by atoms with Gasteiger partial charge in [-0.15, -0.1) is 11.3 Å². The zero-order chi connectivity index (χ0) is 11.8. The Balaban J connectivity index is 2.19. The molecule has 0 aliphatic rings. The molecule has 0 amide bonds. The van der Waals surface area contributed by atoms with Crippen molar-refractivity contribution in [1.29, 1.82) is 0 Å². The van der Waals surface area contributed by atoms with Gasteiger partial charge in [0.25, 0.3) is 0 Å². The molecular weight excluding hydrogens is 304 g/mol. The van der Waals surface area contributed by atoms with E-state index in [-0.39, 0.29) is 0 Å². The van der Waals surface area contributed by atoms with Crippen LogP contribution in [0.4, 0.5) is 5.88 Å². The number of nitrogens with two attached hydrogens (primary N) is 1. The smallest absolute Gasteiger partial charge is 0.231 e. The topological polar surface area (TPSA) is 65.2 Å². The van der Waals surface area contributed by atoms with Gasteiger partial charge in [0.05, 0.1) is 5.56 Å². The molecule has 0 saturated heterocycles. The van der Waals surface area contributed by atoms with Gasteiger partial charge < -0.3 is 14.7 Å². The second-order valence-electron chi connectivity index (χ2n) is 3.35. The molecule has 0 aliphatic carbocycles. The summed E-state index contributed by atoms with van der Waals surface area (Å²) >= 11 is 4.83. The average molecular weight is 311 g/mol. The van der Waals surface area contributed by atoms with Crippen molar-refractivity contribution in [1.82, 2.24) is 5.16 Å². The number of aromatic nitrogens is 1. The van der Waals surface area contributed by atoms with Crippen LogP contribution in [0, 0.1) is 0 Å². The van der Waals surface area contributed by atoms with E-state index in [1.54, 1.807) is 17.4 Å². The van der Waals surface area contributed by atoms with Crippen LogP contribution in [-0.4, -0.2) is 5.16 Å². The van der Waals surface area contributed by atoms with Gasteiger partial charge >= 0.3 is 0 Å². The standard InChI is InChI=1S/C11H7BrN2O2S/c12-8-4-3-6(15-8)10-9(11(13)16-14-10)7-2-1-5-17-7/h1-5H,13H2. The summed E-state index contributed by atoms with van der Waals surface area (Å²) in [6.07, 6.45) is 0. The zero-order valence-corrected chi connectivity index (χ0v) is 10.9. The summed E-state index contributed by atoms with van der Waals surface area (Å²) in [5.74, 6) is 0.927. The van der Waals surface area contributed by atoms with Crippen molar-refractivity contribution in [3.8, 4) is 21.9 Å². The van der Waals surface area contributed by atoms with E-state index in [1.165, 1.54) is 0 Å². The molecule has 0 bridgehead atoms. The van der Waals surface area contributed by atoms with Crippen molar-refractivity contribution < 1.29 is 8.94 Å². The Morgan fingerprint density at radius 1 is 1.29 bits per heavy atom. The molecule has 3 aromatic rings. The molecule has 0 saturated carbocycles. The maximum Gasteiger partial charge on any atom is 0.231 e. The maximum absolute atomic E-state index is 5.80. The van der Waals surface area contributed by atoms with Crippen LogP contribution in [0.2, 0.25) is 0 Å². The van der Waals surface area contributed by atoms with Crippen molar-refractivity contribution in [2.24, 2.45) is 0 Å². The first-order valence-corrected chi connectivity index (χ1v) is 6.47. The number of furan rings is 1. The molecule has 6 heteroatoms. The highest BCUT2D eigenvalue weighted by molar-refractivity contribution is 9.10. The first kappa shape index (κ1) is 10.6. The van der Waals surface area contributed by atoms with E-state index >= 15 is 0 Å². The molecule has 0 aromatic carbocycles. The third kappa shape index (κ3) is 1.79. The van der Waals surface area contributed by atoms with Crippen LogP contribution in [0.1, 0.15) is 0 Å². The number of nitrogens with zero attached hydrogens (tertiary/aromatic N) is 1. The van der Waals surface area contributed by atoms with Crippen LogP contribution in [0.3, 0.4) is 0 Å². The second kappa shape index (κ2) is 4.05. The second-order valence-corrected chi connectivity index (χ2v) is 5.08. The summed E-state index contributed by atoms with van der Waals surface area (Å²) in [6.45, 7) is 0. The summed E-state index contributed by atoms with van der Waals surface area (Å²) in [5.41, 5.74) is 7.20. The molecule has 3 aromatic heterocycles. The SMILES string of the molecule is Nc1onc(-c2ccc(Br)o2)c1-c1cccs1. The van der Waals surface area contributed by atoms with Crippen LogP contribution in [-0.2, 0) is 0 Å². The first-order chi connectivity index (χ1) is 8.25. The quantitative estimate of drug-likeness (QED) is 0.776. The van der Waals surface area contributed by atoms with Crippen LogP contribution in [0.25, 0.3) is 21.9 Å². The lowest BCUT2D eigenvalue weighted by atomic mass is 10.1. The Kier molecular flexibility index (Phi) is 2.53. The van der Waals surface area contributed by atoms with E-state index in [2.05, 4.69) is 21.1 Å². The molecule has 2 N–H and O–H groups in total. The summed E-state index contributed by atoms with van der Waals surface area (Å²) in [4.78, 5) is 1.01. The summed E-state index contributed by atoms with van der Waals surface area (Å²) < 4.78 is 11.2. The minimum atomic E-state index is 0.301. The fourth-order valence-corrected chi connectivity index (χ4v) is 2.65. The van der Waals surface area contributed by atoms with Gasteiger partial charge in [-0.05, 0) is 39.5 Å². The van der Waals surface area contributed by atoms with Crippen molar-refractivity contribution in [3.63, 3.8) is 0 Å². The molecule has 0 fully saturated rings. The van der Waals surface area contributed by atoms with E-state index < -0.39 is 0 Å². The molecule has 0 unspecified atom stereocenters. The predicted octanol–water partition coefficient (Wildman–Crippen LogP) is 4.01. The van der Waals surface area contributed by atoms with Crippen LogP contribution >= 0.6 is 27.3 Å². The molecule has 17 heavy (non-hydrogen) atoms. The van der Waals surface area contributed by atoms with E-state index in [0.29, 0.717) is 22.0 Å². The minimum Gasteiger partial charge on any atom is -0.448 e. The van der Waals surface area contributed by atoms with Gasteiger partial charge in [-0.2, -0.15) is 0 Å². The van der Waals surface area contributed by atoms with E-state index in [0.717, 1.165) is 10.4 Å². The Bertz CT molecular complexity index is 642. The number of anilines is 1. The van der Waals surface area contributed by atoms with Gasteiger partial charge in [-0.1, -0.05) is 11.2 Å². The fraction of sp³-hybridized carbons (Fsp3) is 0.